The first-order chi connectivity index (χ1) is 8.67. The Bertz CT molecular complexity index is 286. The van der Waals surface area contributed by atoms with Crippen LogP contribution in [0.5, 0.6) is 0 Å². The first kappa shape index (κ1) is 18.3. The molecule has 0 radical (unpaired) electrons. The third-order valence-corrected chi connectivity index (χ3v) is 4.20. The SMILES string of the molecule is C#CN(C(C)C)C(N)C(C)(C)CC(CCC)C(C)C. The molecule has 2 unspecified atom stereocenters. The summed E-state index contributed by atoms with van der Waals surface area (Å²) in [4.78, 5) is 1.95. The summed E-state index contributed by atoms with van der Waals surface area (Å²) in [7, 11) is 0. The second kappa shape index (κ2) is 7.80. The maximum absolute atomic E-state index is 6.44. The maximum Gasteiger partial charge on any atom is 0.0901 e. The number of terminal acetylenes is 1. The fraction of sp³-hybridized carbons (Fsp3) is 0.882. The van der Waals surface area contributed by atoms with Gasteiger partial charge in [-0.1, -0.05) is 53.9 Å². The molecule has 0 heterocycles. The smallest absolute Gasteiger partial charge is 0.0901 e. The van der Waals surface area contributed by atoms with Crippen LogP contribution >= 0.6 is 0 Å². The Morgan fingerprint density at radius 1 is 1.21 bits per heavy atom. The van der Waals surface area contributed by atoms with Gasteiger partial charge in [0, 0.05) is 12.1 Å². The minimum atomic E-state index is -0.0874. The van der Waals surface area contributed by atoms with Crippen molar-refractivity contribution in [2.45, 2.75) is 79.9 Å². The summed E-state index contributed by atoms with van der Waals surface area (Å²) in [5.74, 6) is 1.42. The van der Waals surface area contributed by atoms with E-state index in [4.69, 9.17) is 12.2 Å². The molecule has 0 aromatic carbocycles. The molecule has 19 heavy (non-hydrogen) atoms. The number of nitrogens with two attached hydrogens (primary N) is 1. The Balaban J connectivity index is 4.89. The van der Waals surface area contributed by atoms with E-state index in [0.717, 1.165) is 12.3 Å². The van der Waals surface area contributed by atoms with E-state index in [0.29, 0.717) is 5.92 Å². The molecule has 0 aromatic heterocycles. The molecule has 0 aromatic rings. The second-order valence-corrected chi connectivity index (χ2v) is 7.06. The predicted octanol–water partition coefficient (Wildman–Crippen LogP) is 4.06. The summed E-state index contributed by atoms with van der Waals surface area (Å²) in [6.07, 6.45) is 9.16. The molecule has 0 aliphatic carbocycles. The summed E-state index contributed by atoms with van der Waals surface area (Å²) in [5, 5.41) is 0. The maximum atomic E-state index is 6.44. The molecule has 0 aliphatic heterocycles. The van der Waals surface area contributed by atoms with E-state index in [2.05, 4.69) is 54.5 Å². The van der Waals surface area contributed by atoms with Crippen molar-refractivity contribution in [2.75, 3.05) is 0 Å². The molecule has 0 bridgehead atoms. The first-order valence-electron chi connectivity index (χ1n) is 7.67. The van der Waals surface area contributed by atoms with Crippen molar-refractivity contribution in [1.82, 2.24) is 4.90 Å². The van der Waals surface area contributed by atoms with E-state index in [1.807, 2.05) is 4.90 Å². The van der Waals surface area contributed by atoms with Gasteiger partial charge in [0.25, 0.3) is 0 Å². The van der Waals surface area contributed by atoms with Crippen molar-refractivity contribution in [1.29, 1.82) is 0 Å². The van der Waals surface area contributed by atoms with E-state index < -0.39 is 0 Å². The minimum Gasteiger partial charge on any atom is -0.314 e. The van der Waals surface area contributed by atoms with Crippen LogP contribution in [0.2, 0.25) is 0 Å². The summed E-state index contributed by atoms with van der Waals surface area (Å²) in [5.41, 5.74) is 6.46. The van der Waals surface area contributed by atoms with E-state index in [1.54, 1.807) is 0 Å². The fourth-order valence-electron chi connectivity index (χ4n) is 2.77. The molecule has 2 nitrogen and oxygen atoms in total. The molecular formula is C17H34N2. The molecule has 2 N–H and O–H groups in total. The van der Waals surface area contributed by atoms with Crippen LogP contribution in [0.25, 0.3) is 0 Å². The van der Waals surface area contributed by atoms with E-state index in [-0.39, 0.29) is 17.6 Å². The molecule has 0 rings (SSSR count). The number of hydrogen-bond acceptors (Lipinski definition) is 2. The van der Waals surface area contributed by atoms with Crippen LogP contribution in [0.1, 0.15) is 67.7 Å². The van der Waals surface area contributed by atoms with Crippen molar-refractivity contribution in [3.8, 4) is 12.5 Å². The molecule has 0 aliphatic rings. The van der Waals surface area contributed by atoms with Crippen molar-refractivity contribution in [3.63, 3.8) is 0 Å². The monoisotopic (exact) mass is 266 g/mol. The zero-order chi connectivity index (χ0) is 15.2. The number of nitrogens with zero attached hydrogens (tertiary/aromatic N) is 1. The Labute approximate surface area is 121 Å². The largest absolute Gasteiger partial charge is 0.314 e. The topological polar surface area (TPSA) is 29.3 Å². The minimum absolute atomic E-state index is 0.0285. The highest BCUT2D eigenvalue weighted by molar-refractivity contribution is 4.96. The first-order valence-corrected chi connectivity index (χ1v) is 7.67. The fourth-order valence-corrected chi connectivity index (χ4v) is 2.77. The van der Waals surface area contributed by atoms with Crippen LogP contribution in [-0.4, -0.2) is 17.1 Å². The lowest BCUT2D eigenvalue weighted by Crippen LogP contribution is -2.52. The van der Waals surface area contributed by atoms with E-state index in [1.165, 1.54) is 12.8 Å². The van der Waals surface area contributed by atoms with Gasteiger partial charge in [0.15, 0.2) is 0 Å². The van der Waals surface area contributed by atoms with Crippen LogP contribution in [-0.2, 0) is 0 Å². The summed E-state index contributed by atoms with van der Waals surface area (Å²) in [6, 6.07) is 3.03. The molecule has 0 saturated carbocycles. The molecule has 0 spiro atoms. The van der Waals surface area contributed by atoms with Gasteiger partial charge in [-0.3, -0.25) is 0 Å². The van der Waals surface area contributed by atoms with Gasteiger partial charge in [0.1, 0.15) is 0 Å². The quantitative estimate of drug-likeness (QED) is 0.408. The summed E-state index contributed by atoms with van der Waals surface area (Å²) < 4.78 is 0. The number of hydrogen-bond donors (Lipinski definition) is 1. The van der Waals surface area contributed by atoms with Gasteiger partial charge in [-0.2, -0.15) is 0 Å². The predicted molar refractivity (Wildman–Crippen MR) is 85.4 cm³/mol. The van der Waals surface area contributed by atoms with Crippen molar-refractivity contribution < 1.29 is 0 Å². The van der Waals surface area contributed by atoms with Crippen molar-refractivity contribution in [2.24, 2.45) is 23.0 Å². The Hall–Kier alpha value is -0.680. The van der Waals surface area contributed by atoms with Gasteiger partial charge < -0.3 is 10.6 Å². The highest BCUT2D eigenvalue weighted by Crippen LogP contribution is 2.35. The highest BCUT2D eigenvalue weighted by atomic mass is 15.2. The van der Waals surface area contributed by atoms with Crippen molar-refractivity contribution in [3.05, 3.63) is 0 Å². The van der Waals surface area contributed by atoms with Gasteiger partial charge in [-0.25, -0.2) is 0 Å². The van der Waals surface area contributed by atoms with Gasteiger partial charge in [0.05, 0.1) is 6.17 Å². The Kier molecular flexibility index (Phi) is 7.52. The zero-order valence-corrected chi connectivity index (χ0v) is 14.0. The molecule has 0 amide bonds. The Morgan fingerprint density at radius 3 is 2.05 bits per heavy atom. The molecule has 0 saturated heterocycles. The van der Waals surface area contributed by atoms with Gasteiger partial charge in [-0.05, 0) is 37.5 Å². The second-order valence-electron chi connectivity index (χ2n) is 7.06. The normalized spacial score (nSPS) is 15.4. The lowest BCUT2D eigenvalue weighted by Gasteiger charge is -2.42. The molecule has 0 fully saturated rings. The molecular weight excluding hydrogens is 232 g/mol. The van der Waals surface area contributed by atoms with E-state index >= 15 is 0 Å². The molecule has 2 heteroatoms. The van der Waals surface area contributed by atoms with Gasteiger partial charge in [-0.15, -0.1) is 0 Å². The van der Waals surface area contributed by atoms with Gasteiger partial charge >= 0.3 is 0 Å². The van der Waals surface area contributed by atoms with Crippen LogP contribution in [0.3, 0.4) is 0 Å². The van der Waals surface area contributed by atoms with Crippen LogP contribution < -0.4 is 5.73 Å². The highest BCUT2D eigenvalue weighted by Gasteiger charge is 2.34. The molecule has 2 atom stereocenters. The third kappa shape index (κ3) is 5.45. The Morgan fingerprint density at radius 2 is 1.74 bits per heavy atom. The summed E-state index contributed by atoms with van der Waals surface area (Å²) in [6.45, 7) is 15.6. The van der Waals surface area contributed by atoms with E-state index in [9.17, 15) is 0 Å². The standard InChI is InChI=1S/C17H34N2/c1-9-11-15(13(3)4)12-17(7,8)16(18)19(10-2)14(5)6/h2,13-16H,9,11-12,18H2,1,3-8H3. The van der Waals surface area contributed by atoms with Crippen molar-refractivity contribution >= 4 is 0 Å². The average Bonchev–Trinajstić information content (AvgIpc) is 2.28. The van der Waals surface area contributed by atoms with Crippen LogP contribution in [0, 0.1) is 29.7 Å². The zero-order valence-electron chi connectivity index (χ0n) is 14.0. The van der Waals surface area contributed by atoms with Crippen LogP contribution in [0.4, 0.5) is 0 Å². The number of rotatable bonds is 8. The lowest BCUT2D eigenvalue weighted by molar-refractivity contribution is 0.0833. The van der Waals surface area contributed by atoms with Crippen LogP contribution in [0.15, 0.2) is 0 Å². The molecule has 112 valence electrons. The van der Waals surface area contributed by atoms with Gasteiger partial charge in [0.2, 0.25) is 0 Å². The lowest BCUT2D eigenvalue weighted by atomic mass is 9.74. The summed E-state index contributed by atoms with van der Waals surface area (Å²) >= 11 is 0. The average molecular weight is 266 g/mol. The third-order valence-electron chi connectivity index (χ3n) is 4.20.